The van der Waals surface area contributed by atoms with E-state index in [0.29, 0.717) is 5.69 Å². The van der Waals surface area contributed by atoms with Gasteiger partial charge in [0, 0.05) is 36.4 Å². The summed E-state index contributed by atoms with van der Waals surface area (Å²) >= 11 is 0. The third kappa shape index (κ3) is 4.19. The number of rotatable bonds is 5. The van der Waals surface area contributed by atoms with Crippen molar-refractivity contribution >= 4 is 22.6 Å². The minimum Gasteiger partial charge on any atom is -0.381 e. The molecule has 2 aromatic heterocycles. The second-order valence-electron chi connectivity index (χ2n) is 12.0. The monoisotopic (exact) mass is 560 g/mol. The van der Waals surface area contributed by atoms with Crippen molar-refractivity contribution in [3.63, 3.8) is 0 Å². The van der Waals surface area contributed by atoms with Crippen LogP contribution in [0.1, 0.15) is 73.5 Å². The molecule has 0 bridgehead atoms. The van der Waals surface area contributed by atoms with E-state index in [9.17, 15) is 13.6 Å². The van der Waals surface area contributed by atoms with E-state index in [1.165, 1.54) is 6.07 Å². The topological polar surface area (TPSA) is 73.4 Å². The van der Waals surface area contributed by atoms with Crippen molar-refractivity contribution in [2.45, 2.75) is 77.5 Å². The molecule has 0 N–H and O–H groups in total. The summed E-state index contributed by atoms with van der Waals surface area (Å²) in [6, 6.07) is 7.78. The van der Waals surface area contributed by atoms with Crippen LogP contribution >= 0.6 is 0 Å². The molecule has 1 saturated heterocycles. The van der Waals surface area contributed by atoms with Crippen molar-refractivity contribution < 1.29 is 22.8 Å². The van der Waals surface area contributed by atoms with Crippen molar-refractivity contribution in [2.24, 2.45) is 11.8 Å². The van der Waals surface area contributed by atoms with Gasteiger partial charge >= 0.3 is 0 Å². The SMILES string of the molecule is COC1CCC(n2c([C@@H]3C[C@@H]4C[C@@H]4C(=O)N3c3ccc(F)c(F)c3)nc3c(C)c(-c4c(C)noc4C)ccc32)CC1. The summed E-state index contributed by atoms with van der Waals surface area (Å²) in [4.78, 5) is 20.7. The van der Waals surface area contributed by atoms with Gasteiger partial charge in [-0.3, -0.25) is 4.79 Å². The molecule has 0 radical (unpaired) electrons. The van der Waals surface area contributed by atoms with E-state index < -0.39 is 11.6 Å². The summed E-state index contributed by atoms with van der Waals surface area (Å²) in [6.45, 7) is 5.92. The number of amides is 1. The highest BCUT2D eigenvalue weighted by Gasteiger charge is 2.54. The fraction of sp³-hybridized carbons (Fsp3) is 0.469. The molecule has 214 valence electrons. The number of carbonyl (C=O) groups excluding carboxylic acids is 1. The first-order valence-electron chi connectivity index (χ1n) is 14.5. The lowest BCUT2D eigenvalue weighted by Gasteiger charge is -2.37. The minimum absolute atomic E-state index is 0.0351. The van der Waals surface area contributed by atoms with Crippen molar-refractivity contribution in [3.8, 4) is 11.1 Å². The molecule has 2 saturated carbocycles. The standard InChI is InChI=1S/C32H34F2N4O3/c1-16-23(29-17(2)36-41-18(29)3)10-12-27-30(16)35-31(37(27)20-5-8-22(40-4)9-6-20)28-14-19-13-24(19)32(39)38(28)21-7-11-25(33)26(34)15-21/h7,10-12,15,19-20,22,24,28H,5-6,8-9,13-14H2,1-4H3/t19-,20?,22?,24-,28-/m0/s1. The highest BCUT2D eigenvalue weighted by atomic mass is 19.2. The van der Waals surface area contributed by atoms with Gasteiger partial charge < -0.3 is 18.7 Å². The number of hydrogen-bond donors (Lipinski definition) is 0. The zero-order valence-corrected chi connectivity index (χ0v) is 23.8. The maximum atomic E-state index is 14.4. The lowest BCUT2D eigenvalue weighted by molar-refractivity contribution is -0.121. The van der Waals surface area contributed by atoms with Gasteiger partial charge in [0.25, 0.3) is 0 Å². The molecule has 7 rings (SSSR count). The Balaban J connectivity index is 1.42. The van der Waals surface area contributed by atoms with Crippen molar-refractivity contribution in [2.75, 3.05) is 12.0 Å². The first-order valence-corrected chi connectivity index (χ1v) is 14.5. The average Bonchev–Trinajstić information content (AvgIpc) is 3.55. The Hall–Kier alpha value is -3.59. The van der Waals surface area contributed by atoms with Crippen LogP contribution in [-0.2, 0) is 9.53 Å². The van der Waals surface area contributed by atoms with Gasteiger partial charge in [-0.1, -0.05) is 11.2 Å². The Morgan fingerprint density at radius 1 is 1.00 bits per heavy atom. The summed E-state index contributed by atoms with van der Waals surface area (Å²) in [6.07, 6.45) is 5.54. The van der Waals surface area contributed by atoms with E-state index >= 15 is 0 Å². The van der Waals surface area contributed by atoms with Crippen LogP contribution in [0.4, 0.5) is 14.5 Å². The second kappa shape index (κ2) is 9.76. The smallest absolute Gasteiger partial charge is 0.231 e. The van der Waals surface area contributed by atoms with Crippen LogP contribution in [0.25, 0.3) is 22.2 Å². The van der Waals surface area contributed by atoms with Gasteiger partial charge in [-0.15, -0.1) is 0 Å². The quantitative estimate of drug-likeness (QED) is 0.259. The van der Waals surface area contributed by atoms with E-state index in [4.69, 9.17) is 14.2 Å². The number of imidazole rings is 1. The van der Waals surface area contributed by atoms with Crippen LogP contribution in [0.2, 0.25) is 0 Å². The molecular weight excluding hydrogens is 526 g/mol. The van der Waals surface area contributed by atoms with E-state index in [1.54, 1.807) is 12.0 Å². The van der Waals surface area contributed by atoms with Crippen LogP contribution in [0, 0.1) is 44.2 Å². The minimum atomic E-state index is -0.960. The van der Waals surface area contributed by atoms with Crippen LogP contribution < -0.4 is 4.90 Å². The number of ether oxygens (including phenoxy) is 1. The maximum absolute atomic E-state index is 14.4. The number of anilines is 1. The molecule has 3 fully saturated rings. The molecule has 3 heterocycles. The number of aromatic nitrogens is 3. The zero-order chi connectivity index (χ0) is 28.6. The third-order valence-electron chi connectivity index (χ3n) is 9.58. The lowest BCUT2D eigenvalue weighted by Crippen LogP contribution is -2.41. The number of piperidine rings is 1. The number of fused-ring (bicyclic) bond motifs is 2. The van der Waals surface area contributed by atoms with Crippen molar-refractivity contribution in [1.29, 1.82) is 0 Å². The van der Waals surface area contributed by atoms with Gasteiger partial charge in [-0.05, 0) is 94.5 Å². The molecule has 2 aliphatic carbocycles. The number of benzene rings is 2. The summed E-state index contributed by atoms with van der Waals surface area (Å²) in [5, 5.41) is 4.16. The molecule has 1 amide bonds. The molecule has 2 aromatic carbocycles. The van der Waals surface area contributed by atoms with Gasteiger partial charge in [0.2, 0.25) is 5.91 Å². The molecule has 3 aliphatic rings. The molecular formula is C32H34F2N4O3. The number of methoxy groups -OCH3 is 1. The molecule has 1 aliphatic heterocycles. The highest BCUT2D eigenvalue weighted by Crippen LogP contribution is 2.54. The molecule has 3 atom stereocenters. The largest absolute Gasteiger partial charge is 0.381 e. The van der Waals surface area contributed by atoms with Gasteiger partial charge in [-0.25, -0.2) is 13.8 Å². The van der Waals surface area contributed by atoms with Gasteiger partial charge in [-0.2, -0.15) is 0 Å². The van der Waals surface area contributed by atoms with Crippen LogP contribution in [0.3, 0.4) is 0 Å². The van der Waals surface area contributed by atoms with Gasteiger partial charge in [0.1, 0.15) is 11.6 Å². The summed E-state index contributed by atoms with van der Waals surface area (Å²) in [7, 11) is 1.77. The number of carbonyl (C=O) groups is 1. The second-order valence-corrected chi connectivity index (χ2v) is 12.0. The number of aryl methyl sites for hydroxylation is 3. The van der Waals surface area contributed by atoms with Crippen LogP contribution in [0.15, 0.2) is 34.9 Å². The first kappa shape index (κ1) is 26.3. The molecule has 0 unspecified atom stereocenters. The Morgan fingerprint density at radius 3 is 2.46 bits per heavy atom. The fourth-order valence-corrected chi connectivity index (χ4v) is 7.31. The predicted molar refractivity (Wildman–Crippen MR) is 151 cm³/mol. The fourth-order valence-electron chi connectivity index (χ4n) is 7.31. The number of halogens is 2. The Labute approximate surface area is 237 Å². The van der Waals surface area contributed by atoms with E-state index in [-0.39, 0.29) is 35.9 Å². The Bertz CT molecular complexity index is 1650. The number of nitrogens with zero attached hydrogens (tertiary/aromatic N) is 4. The van der Waals surface area contributed by atoms with Gasteiger partial charge in [0.15, 0.2) is 11.6 Å². The van der Waals surface area contributed by atoms with Crippen LogP contribution in [0.5, 0.6) is 0 Å². The van der Waals surface area contributed by atoms with E-state index in [1.807, 2.05) is 13.8 Å². The van der Waals surface area contributed by atoms with Crippen LogP contribution in [-0.4, -0.2) is 33.8 Å². The molecule has 41 heavy (non-hydrogen) atoms. The van der Waals surface area contributed by atoms with Crippen molar-refractivity contribution in [3.05, 3.63) is 64.8 Å². The Kier molecular flexibility index (Phi) is 6.26. The summed E-state index contributed by atoms with van der Waals surface area (Å²) in [5.74, 6) is -0.144. The zero-order valence-electron chi connectivity index (χ0n) is 23.8. The predicted octanol–water partition coefficient (Wildman–Crippen LogP) is 7.14. The van der Waals surface area contributed by atoms with Gasteiger partial charge in [0.05, 0.1) is 28.9 Å². The van der Waals surface area contributed by atoms with Crippen molar-refractivity contribution in [1.82, 2.24) is 14.7 Å². The highest BCUT2D eigenvalue weighted by molar-refractivity contribution is 5.99. The lowest BCUT2D eigenvalue weighted by atomic mass is 9.91. The van der Waals surface area contributed by atoms with E-state index in [0.717, 1.165) is 95.7 Å². The first-order chi connectivity index (χ1) is 19.8. The average molecular weight is 561 g/mol. The summed E-state index contributed by atoms with van der Waals surface area (Å²) in [5.41, 5.74) is 6.11. The third-order valence-corrected chi connectivity index (χ3v) is 9.58. The molecule has 7 nitrogen and oxygen atoms in total. The van der Waals surface area contributed by atoms with E-state index in [2.05, 4.69) is 28.8 Å². The Morgan fingerprint density at radius 2 is 1.78 bits per heavy atom. The normalized spacial score (nSPS) is 26.0. The molecule has 0 spiro atoms. The number of hydrogen-bond acceptors (Lipinski definition) is 5. The molecule has 9 heteroatoms. The maximum Gasteiger partial charge on any atom is 0.231 e. The summed E-state index contributed by atoms with van der Waals surface area (Å²) < 4.78 is 41.8. The molecule has 4 aromatic rings.